The average Bonchev–Trinajstić information content (AvgIpc) is 3.25. The molecule has 1 saturated heterocycles. The molecule has 4 rings (SSSR count). The van der Waals surface area contributed by atoms with E-state index in [0.717, 1.165) is 42.7 Å². The maximum absolute atomic E-state index is 12.9. The summed E-state index contributed by atoms with van der Waals surface area (Å²) in [6.07, 6.45) is -0.599. The fraction of sp³-hybridized carbons (Fsp3) is 0.333. The maximum Gasteiger partial charge on any atom is 0.205 e. The molecule has 1 atom stereocenters. The Morgan fingerprint density at radius 3 is 2.48 bits per heavy atom. The molecule has 1 fully saturated rings. The molecule has 0 saturated carbocycles. The van der Waals surface area contributed by atoms with E-state index in [1.54, 1.807) is 12.1 Å². The van der Waals surface area contributed by atoms with E-state index >= 15 is 0 Å². The summed E-state index contributed by atoms with van der Waals surface area (Å²) in [5.41, 5.74) is 1.03. The first kappa shape index (κ1) is 19.8. The second kappa shape index (κ2) is 9.30. The molecule has 152 valence electrons. The number of benzene rings is 2. The summed E-state index contributed by atoms with van der Waals surface area (Å²) in [6, 6.07) is 15.8. The van der Waals surface area contributed by atoms with Gasteiger partial charge in [0.05, 0.1) is 0 Å². The number of hydrogen-bond donors (Lipinski definition) is 1. The monoisotopic (exact) mass is 414 g/mol. The fourth-order valence-electron chi connectivity index (χ4n) is 3.24. The minimum atomic E-state index is -0.599. The first-order valence-corrected chi connectivity index (χ1v) is 10.4. The molecule has 1 aliphatic rings. The maximum atomic E-state index is 12.9. The number of halogens is 1. The van der Waals surface area contributed by atoms with Gasteiger partial charge in [0.1, 0.15) is 24.3 Å². The standard InChI is InChI=1S/C21H23FN4O2S/c22-17-6-8-19(9-7-17)28-15-18(27)14-25-10-12-26(13-11-25)21-23-20(24-29-21)16-4-2-1-3-5-16/h1-9,18,27H,10-15H2. The van der Waals surface area contributed by atoms with Gasteiger partial charge in [-0.15, -0.1) is 0 Å². The molecule has 2 heterocycles. The van der Waals surface area contributed by atoms with Crippen molar-refractivity contribution in [2.24, 2.45) is 0 Å². The van der Waals surface area contributed by atoms with Gasteiger partial charge in [0.25, 0.3) is 0 Å². The number of ether oxygens (including phenoxy) is 1. The lowest BCUT2D eigenvalue weighted by atomic mass is 10.2. The van der Waals surface area contributed by atoms with E-state index in [1.165, 1.54) is 23.7 Å². The molecule has 29 heavy (non-hydrogen) atoms. The van der Waals surface area contributed by atoms with Crippen molar-refractivity contribution in [1.82, 2.24) is 14.3 Å². The third-order valence-electron chi connectivity index (χ3n) is 4.82. The van der Waals surface area contributed by atoms with Crippen LogP contribution in [0.15, 0.2) is 54.6 Å². The van der Waals surface area contributed by atoms with Crippen LogP contribution in [-0.2, 0) is 0 Å². The lowest BCUT2D eigenvalue weighted by molar-refractivity contribution is 0.0663. The van der Waals surface area contributed by atoms with Crippen LogP contribution in [0.25, 0.3) is 11.4 Å². The van der Waals surface area contributed by atoms with Gasteiger partial charge in [-0.1, -0.05) is 30.3 Å². The Balaban J connectivity index is 1.23. The van der Waals surface area contributed by atoms with Crippen molar-refractivity contribution in [3.05, 3.63) is 60.4 Å². The van der Waals surface area contributed by atoms with Crippen LogP contribution in [0.1, 0.15) is 0 Å². The van der Waals surface area contributed by atoms with Crippen LogP contribution in [0.4, 0.5) is 9.52 Å². The number of piperazine rings is 1. The summed E-state index contributed by atoms with van der Waals surface area (Å²) < 4.78 is 22.9. The predicted octanol–water partition coefficient (Wildman–Crippen LogP) is 2.91. The van der Waals surface area contributed by atoms with Gasteiger partial charge >= 0.3 is 0 Å². The van der Waals surface area contributed by atoms with Gasteiger partial charge < -0.3 is 14.7 Å². The molecule has 1 aliphatic heterocycles. The second-order valence-electron chi connectivity index (χ2n) is 6.97. The van der Waals surface area contributed by atoms with E-state index < -0.39 is 6.10 Å². The highest BCUT2D eigenvalue weighted by molar-refractivity contribution is 7.09. The lowest BCUT2D eigenvalue weighted by Crippen LogP contribution is -2.49. The van der Waals surface area contributed by atoms with Crippen molar-refractivity contribution in [2.75, 3.05) is 44.2 Å². The van der Waals surface area contributed by atoms with Crippen LogP contribution in [-0.4, -0.2) is 64.8 Å². The Morgan fingerprint density at radius 2 is 1.76 bits per heavy atom. The Kier molecular flexibility index (Phi) is 6.33. The van der Waals surface area contributed by atoms with Crippen molar-refractivity contribution >= 4 is 16.7 Å². The highest BCUT2D eigenvalue weighted by Crippen LogP contribution is 2.24. The number of hydrogen-bond acceptors (Lipinski definition) is 7. The molecule has 1 aromatic heterocycles. The number of anilines is 1. The molecule has 0 aliphatic carbocycles. The molecular weight excluding hydrogens is 391 g/mol. The van der Waals surface area contributed by atoms with Gasteiger partial charge in [-0.2, -0.15) is 9.36 Å². The van der Waals surface area contributed by atoms with Crippen LogP contribution in [0.3, 0.4) is 0 Å². The van der Waals surface area contributed by atoms with E-state index in [0.29, 0.717) is 12.3 Å². The van der Waals surface area contributed by atoms with E-state index in [9.17, 15) is 9.50 Å². The number of β-amino-alcohol motifs (C(OH)–C–C–N with tert-alkyl or cyclic N) is 1. The van der Waals surface area contributed by atoms with Gasteiger partial charge in [-0.25, -0.2) is 4.39 Å². The molecule has 1 N–H and O–H groups in total. The summed E-state index contributed by atoms with van der Waals surface area (Å²) in [4.78, 5) is 9.13. The Morgan fingerprint density at radius 1 is 1.03 bits per heavy atom. The summed E-state index contributed by atoms with van der Waals surface area (Å²) in [5.74, 6) is 1.02. The summed E-state index contributed by atoms with van der Waals surface area (Å²) in [5, 5.41) is 11.2. The quantitative estimate of drug-likeness (QED) is 0.642. The molecule has 8 heteroatoms. The van der Waals surface area contributed by atoms with Gasteiger partial charge in [-0.05, 0) is 24.3 Å². The first-order valence-electron chi connectivity index (χ1n) is 9.60. The predicted molar refractivity (Wildman–Crippen MR) is 112 cm³/mol. The highest BCUT2D eigenvalue weighted by Gasteiger charge is 2.22. The molecule has 0 radical (unpaired) electrons. The molecular formula is C21H23FN4O2S. The van der Waals surface area contributed by atoms with Crippen molar-refractivity contribution in [3.8, 4) is 17.1 Å². The third kappa shape index (κ3) is 5.29. The summed E-state index contributed by atoms with van der Waals surface area (Å²) >= 11 is 1.42. The largest absolute Gasteiger partial charge is 0.491 e. The minimum absolute atomic E-state index is 0.183. The molecule has 1 unspecified atom stereocenters. The number of aromatic nitrogens is 2. The Bertz CT molecular complexity index is 899. The van der Waals surface area contributed by atoms with Crippen molar-refractivity contribution in [3.63, 3.8) is 0 Å². The molecule has 3 aromatic rings. The van der Waals surface area contributed by atoms with Crippen LogP contribution >= 0.6 is 11.5 Å². The molecule has 0 spiro atoms. The van der Waals surface area contributed by atoms with Crippen molar-refractivity contribution < 1.29 is 14.2 Å². The van der Waals surface area contributed by atoms with Crippen LogP contribution in [0.5, 0.6) is 5.75 Å². The summed E-state index contributed by atoms with van der Waals surface area (Å²) in [6.45, 7) is 4.09. The summed E-state index contributed by atoms with van der Waals surface area (Å²) in [7, 11) is 0. The number of nitrogens with zero attached hydrogens (tertiary/aromatic N) is 4. The Labute approximate surface area is 173 Å². The number of aliphatic hydroxyl groups excluding tert-OH is 1. The van der Waals surface area contributed by atoms with Gasteiger partial charge in [0.15, 0.2) is 5.82 Å². The third-order valence-corrected chi connectivity index (χ3v) is 5.59. The van der Waals surface area contributed by atoms with E-state index in [1.807, 2.05) is 30.3 Å². The van der Waals surface area contributed by atoms with Gasteiger partial charge in [0, 0.05) is 49.8 Å². The topological polar surface area (TPSA) is 61.7 Å². The zero-order valence-corrected chi connectivity index (χ0v) is 16.8. The second-order valence-corrected chi connectivity index (χ2v) is 7.70. The minimum Gasteiger partial charge on any atom is -0.491 e. The van der Waals surface area contributed by atoms with Gasteiger partial charge in [0.2, 0.25) is 5.13 Å². The highest BCUT2D eigenvalue weighted by atomic mass is 32.1. The van der Waals surface area contributed by atoms with Crippen LogP contribution in [0.2, 0.25) is 0 Å². The lowest BCUT2D eigenvalue weighted by Gasteiger charge is -2.35. The van der Waals surface area contributed by atoms with Crippen molar-refractivity contribution in [2.45, 2.75) is 6.10 Å². The molecule has 0 bridgehead atoms. The number of rotatable bonds is 7. The molecule has 2 aromatic carbocycles. The zero-order chi connectivity index (χ0) is 20.1. The molecule has 0 amide bonds. The Hall–Kier alpha value is -2.55. The van der Waals surface area contributed by atoms with E-state index in [4.69, 9.17) is 4.74 Å². The van der Waals surface area contributed by atoms with Crippen LogP contribution in [0, 0.1) is 5.82 Å². The van der Waals surface area contributed by atoms with E-state index in [2.05, 4.69) is 19.2 Å². The van der Waals surface area contributed by atoms with Crippen LogP contribution < -0.4 is 9.64 Å². The average molecular weight is 415 g/mol. The zero-order valence-electron chi connectivity index (χ0n) is 15.9. The SMILES string of the molecule is OC(COc1ccc(F)cc1)CN1CCN(c2nc(-c3ccccc3)ns2)CC1. The van der Waals surface area contributed by atoms with Crippen molar-refractivity contribution in [1.29, 1.82) is 0 Å². The van der Waals surface area contributed by atoms with Gasteiger partial charge in [-0.3, -0.25) is 4.90 Å². The molecule has 6 nitrogen and oxygen atoms in total. The normalized spacial score (nSPS) is 16.0. The fourth-order valence-corrected chi connectivity index (χ4v) is 3.98. The smallest absolute Gasteiger partial charge is 0.205 e. The van der Waals surface area contributed by atoms with E-state index in [-0.39, 0.29) is 12.4 Å². The number of aliphatic hydroxyl groups is 1. The first-order chi connectivity index (χ1) is 14.2.